The third-order valence-corrected chi connectivity index (χ3v) is 4.84. The minimum Gasteiger partial charge on any atom is -0.493 e. The van der Waals surface area contributed by atoms with E-state index in [9.17, 15) is 9.59 Å². The molecule has 2 aromatic carbocycles. The highest BCUT2D eigenvalue weighted by molar-refractivity contribution is 6.35. The van der Waals surface area contributed by atoms with Gasteiger partial charge in [-0.25, -0.2) is 0 Å². The lowest BCUT2D eigenvalue weighted by Gasteiger charge is -2.13. The van der Waals surface area contributed by atoms with Gasteiger partial charge in [-0.3, -0.25) is 9.59 Å². The average molecular weight is 452 g/mol. The Hall–Kier alpha value is -2.70. The Morgan fingerprint density at radius 3 is 2.47 bits per heavy atom. The number of halogens is 2. The monoisotopic (exact) mass is 451 g/mol. The molecule has 0 atom stereocenters. The number of carbonyl (C=O) groups excluding carboxylic acids is 2. The Morgan fingerprint density at radius 2 is 1.80 bits per heavy atom. The minimum absolute atomic E-state index is 0.192. The molecule has 0 heterocycles. The molecule has 0 aliphatic carbocycles. The van der Waals surface area contributed by atoms with Crippen LogP contribution < -0.4 is 14.8 Å². The number of ether oxygens (including phenoxy) is 3. The maximum atomic E-state index is 11.9. The molecule has 0 radical (unpaired) electrons. The third kappa shape index (κ3) is 7.28. The van der Waals surface area contributed by atoms with Gasteiger partial charge < -0.3 is 19.5 Å². The Balaban J connectivity index is 1.94. The first-order chi connectivity index (χ1) is 14.4. The molecule has 0 bridgehead atoms. The van der Waals surface area contributed by atoms with Crippen molar-refractivity contribution in [1.82, 2.24) is 5.32 Å². The van der Waals surface area contributed by atoms with E-state index in [1.165, 1.54) is 20.3 Å². The third-order valence-electron chi connectivity index (χ3n) is 4.13. The molecule has 0 aromatic heterocycles. The predicted molar refractivity (Wildman–Crippen MR) is 117 cm³/mol. The highest BCUT2D eigenvalue weighted by Gasteiger charge is 2.10. The Labute approximate surface area is 185 Å². The maximum absolute atomic E-state index is 11.9. The normalized spacial score (nSPS) is 10.7. The quantitative estimate of drug-likeness (QED) is 0.322. The molecule has 0 fully saturated rings. The van der Waals surface area contributed by atoms with Gasteiger partial charge in [0.2, 0.25) is 5.91 Å². The number of methoxy groups -OCH3 is 2. The summed E-state index contributed by atoms with van der Waals surface area (Å²) in [6.45, 7) is 0.580. The largest absolute Gasteiger partial charge is 0.493 e. The van der Waals surface area contributed by atoms with Crippen LogP contribution in [0, 0.1) is 0 Å². The standard InChI is InChI=1S/C22H23Cl2NO5/c1-28-20-13-15(9-11-21(26)25-12-4-7-22(27)29-2)8-10-19(20)30-14-16-17(23)5-3-6-18(16)24/h3,5-6,8-11,13H,4,7,12,14H2,1-2H3,(H,25,26)/b11-9+. The molecular weight excluding hydrogens is 429 g/mol. The van der Waals surface area contributed by atoms with Crippen molar-refractivity contribution in [2.75, 3.05) is 20.8 Å². The maximum Gasteiger partial charge on any atom is 0.305 e. The van der Waals surface area contributed by atoms with Gasteiger partial charge in [0.15, 0.2) is 11.5 Å². The lowest BCUT2D eigenvalue weighted by Crippen LogP contribution is -2.22. The van der Waals surface area contributed by atoms with Gasteiger partial charge in [0, 0.05) is 34.7 Å². The molecular formula is C22H23Cl2NO5. The zero-order valence-electron chi connectivity index (χ0n) is 16.7. The molecule has 0 saturated heterocycles. The van der Waals surface area contributed by atoms with Gasteiger partial charge in [0.1, 0.15) is 6.61 Å². The van der Waals surface area contributed by atoms with Crippen molar-refractivity contribution in [1.29, 1.82) is 0 Å². The van der Waals surface area contributed by atoms with Crippen LogP contribution in [0.4, 0.5) is 0 Å². The molecule has 2 aromatic rings. The van der Waals surface area contributed by atoms with Gasteiger partial charge in [-0.2, -0.15) is 0 Å². The van der Waals surface area contributed by atoms with Gasteiger partial charge in [0.25, 0.3) is 0 Å². The molecule has 1 amide bonds. The van der Waals surface area contributed by atoms with Crippen molar-refractivity contribution in [2.45, 2.75) is 19.4 Å². The molecule has 30 heavy (non-hydrogen) atoms. The SMILES string of the molecule is COC(=O)CCCNC(=O)/C=C/c1ccc(OCc2c(Cl)cccc2Cl)c(OC)c1. The molecule has 1 N–H and O–H groups in total. The van der Waals surface area contributed by atoms with Crippen LogP contribution >= 0.6 is 23.2 Å². The van der Waals surface area contributed by atoms with Crippen molar-refractivity contribution in [2.24, 2.45) is 0 Å². The van der Waals surface area contributed by atoms with Crippen LogP contribution in [-0.4, -0.2) is 32.6 Å². The van der Waals surface area contributed by atoms with Crippen LogP contribution in [0.25, 0.3) is 6.08 Å². The molecule has 2 rings (SSSR count). The first-order valence-electron chi connectivity index (χ1n) is 9.21. The lowest BCUT2D eigenvalue weighted by molar-refractivity contribution is -0.140. The number of carbonyl (C=O) groups is 2. The number of nitrogens with one attached hydrogen (secondary N) is 1. The number of hydrogen-bond acceptors (Lipinski definition) is 5. The summed E-state index contributed by atoms with van der Waals surface area (Å²) in [6.07, 6.45) is 3.85. The average Bonchev–Trinajstić information content (AvgIpc) is 2.75. The summed E-state index contributed by atoms with van der Waals surface area (Å²) in [5.74, 6) is 0.482. The van der Waals surface area contributed by atoms with Gasteiger partial charge in [0.05, 0.1) is 14.2 Å². The minimum atomic E-state index is -0.300. The summed E-state index contributed by atoms with van der Waals surface area (Å²) in [6, 6.07) is 10.6. The van der Waals surface area contributed by atoms with E-state index in [-0.39, 0.29) is 24.9 Å². The van der Waals surface area contributed by atoms with Crippen LogP contribution in [0.3, 0.4) is 0 Å². The molecule has 0 aliphatic heterocycles. The molecule has 0 unspecified atom stereocenters. The molecule has 0 saturated carbocycles. The first kappa shape index (κ1) is 23.6. The summed E-state index contributed by atoms with van der Waals surface area (Å²) in [4.78, 5) is 22.9. The highest BCUT2D eigenvalue weighted by Crippen LogP contribution is 2.31. The van der Waals surface area contributed by atoms with E-state index in [0.717, 1.165) is 5.56 Å². The van der Waals surface area contributed by atoms with Crippen LogP contribution in [0.15, 0.2) is 42.5 Å². The van der Waals surface area contributed by atoms with E-state index >= 15 is 0 Å². The number of amides is 1. The van der Waals surface area contributed by atoms with Gasteiger partial charge >= 0.3 is 5.97 Å². The molecule has 0 spiro atoms. The highest BCUT2D eigenvalue weighted by atomic mass is 35.5. The lowest BCUT2D eigenvalue weighted by atomic mass is 10.2. The summed E-state index contributed by atoms with van der Waals surface area (Å²) in [5, 5.41) is 3.76. The second-order valence-corrected chi connectivity index (χ2v) is 7.02. The van der Waals surface area contributed by atoms with Crippen LogP contribution in [0.1, 0.15) is 24.0 Å². The smallest absolute Gasteiger partial charge is 0.305 e. The van der Waals surface area contributed by atoms with E-state index < -0.39 is 0 Å². The predicted octanol–water partition coefficient (Wildman–Crippen LogP) is 4.66. The molecule has 8 heteroatoms. The molecule has 6 nitrogen and oxygen atoms in total. The topological polar surface area (TPSA) is 73.9 Å². The van der Waals surface area contributed by atoms with Gasteiger partial charge in [-0.05, 0) is 42.3 Å². The van der Waals surface area contributed by atoms with Gasteiger partial charge in [-0.1, -0.05) is 35.3 Å². The summed E-state index contributed by atoms with van der Waals surface area (Å²) < 4.78 is 15.7. The fourth-order valence-corrected chi connectivity index (χ4v) is 3.01. The second kappa shape index (κ2) is 12.1. The first-order valence-corrected chi connectivity index (χ1v) is 9.96. The zero-order valence-corrected chi connectivity index (χ0v) is 18.3. The van der Waals surface area contributed by atoms with Gasteiger partial charge in [-0.15, -0.1) is 0 Å². The van der Waals surface area contributed by atoms with E-state index in [1.807, 2.05) is 0 Å². The molecule has 160 valence electrons. The van der Waals surface area contributed by atoms with Crippen LogP contribution in [-0.2, 0) is 20.9 Å². The second-order valence-electron chi connectivity index (χ2n) is 6.20. The fourth-order valence-electron chi connectivity index (χ4n) is 2.50. The number of benzene rings is 2. The Bertz CT molecular complexity index is 894. The number of rotatable bonds is 10. The van der Waals surface area contributed by atoms with Crippen molar-refractivity contribution in [3.05, 3.63) is 63.6 Å². The summed E-state index contributed by atoms with van der Waals surface area (Å²) in [7, 11) is 2.87. The van der Waals surface area contributed by atoms with Crippen LogP contribution in [0.2, 0.25) is 10.0 Å². The van der Waals surface area contributed by atoms with E-state index in [2.05, 4.69) is 10.1 Å². The summed E-state index contributed by atoms with van der Waals surface area (Å²) >= 11 is 12.3. The number of esters is 1. The number of hydrogen-bond donors (Lipinski definition) is 1. The zero-order chi connectivity index (χ0) is 21.9. The van der Waals surface area contributed by atoms with E-state index in [1.54, 1.807) is 42.5 Å². The van der Waals surface area contributed by atoms with E-state index in [0.29, 0.717) is 40.1 Å². The molecule has 0 aliphatic rings. The Morgan fingerprint density at radius 1 is 1.07 bits per heavy atom. The Kier molecular flexibility index (Phi) is 9.51. The fraction of sp³-hybridized carbons (Fsp3) is 0.273. The van der Waals surface area contributed by atoms with Crippen molar-refractivity contribution < 1.29 is 23.8 Å². The van der Waals surface area contributed by atoms with Crippen molar-refractivity contribution in [3.8, 4) is 11.5 Å². The van der Waals surface area contributed by atoms with Crippen LogP contribution in [0.5, 0.6) is 11.5 Å². The van der Waals surface area contributed by atoms with E-state index in [4.69, 9.17) is 32.7 Å². The summed E-state index contributed by atoms with van der Waals surface area (Å²) in [5.41, 5.74) is 1.45. The van der Waals surface area contributed by atoms with Crippen molar-refractivity contribution >= 4 is 41.2 Å². The van der Waals surface area contributed by atoms with Crippen molar-refractivity contribution in [3.63, 3.8) is 0 Å².